The van der Waals surface area contributed by atoms with Crippen LogP contribution in [0.25, 0.3) is 0 Å². The summed E-state index contributed by atoms with van der Waals surface area (Å²) in [5.41, 5.74) is 0. The van der Waals surface area contributed by atoms with Crippen molar-refractivity contribution in [1.29, 1.82) is 5.26 Å². The van der Waals surface area contributed by atoms with Crippen molar-refractivity contribution in [2.24, 2.45) is 5.92 Å². The summed E-state index contributed by atoms with van der Waals surface area (Å²) < 4.78 is 31.3. The lowest BCUT2D eigenvalue weighted by atomic mass is 10.2. The Kier molecular flexibility index (Phi) is 5.37. The fourth-order valence-corrected chi connectivity index (χ4v) is 3.94. The molecule has 0 bridgehead atoms. The number of ether oxygens (including phenoxy) is 1. The zero-order valence-corrected chi connectivity index (χ0v) is 11.2. The van der Waals surface area contributed by atoms with Gasteiger partial charge in [0.25, 0.3) is 0 Å². The third-order valence-corrected chi connectivity index (χ3v) is 5.44. The maximum absolute atomic E-state index is 12.3. The third kappa shape index (κ3) is 3.66. The molecule has 0 radical (unpaired) electrons. The first-order valence-electron chi connectivity index (χ1n) is 5.98. The number of nitrogens with zero attached hydrogens (tertiary/aromatic N) is 2. The molecule has 1 rings (SSSR count). The Bertz CT molecular complexity index is 369. The van der Waals surface area contributed by atoms with Crippen LogP contribution in [0.15, 0.2) is 0 Å². The average Bonchev–Trinajstić information content (AvgIpc) is 2.36. The lowest BCUT2D eigenvalue weighted by Crippen LogP contribution is -2.43. The second-order valence-corrected chi connectivity index (χ2v) is 6.55. The molecule has 0 spiro atoms. The van der Waals surface area contributed by atoms with Crippen LogP contribution in [0.4, 0.5) is 0 Å². The van der Waals surface area contributed by atoms with Crippen molar-refractivity contribution in [3.63, 3.8) is 0 Å². The Morgan fingerprint density at radius 1 is 1.47 bits per heavy atom. The molecule has 1 saturated heterocycles. The Labute approximate surface area is 103 Å². The van der Waals surface area contributed by atoms with Gasteiger partial charge in [-0.25, -0.2) is 12.7 Å². The van der Waals surface area contributed by atoms with Crippen LogP contribution in [0, 0.1) is 17.2 Å². The quantitative estimate of drug-likeness (QED) is 0.738. The van der Waals surface area contributed by atoms with Crippen LogP contribution in [0.1, 0.15) is 26.7 Å². The van der Waals surface area contributed by atoms with Gasteiger partial charge < -0.3 is 4.74 Å². The van der Waals surface area contributed by atoms with E-state index in [1.54, 1.807) is 13.8 Å². The number of sulfonamides is 1. The van der Waals surface area contributed by atoms with E-state index in [1.165, 1.54) is 4.31 Å². The summed E-state index contributed by atoms with van der Waals surface area (Å²) in [6.07, 6.45) is 1.11. The second kappa shape index (κ2) is 6.34. The smallest absolute Gasteiger partial charge is 0.217 e. The Morgan fingerprint density at radius 3 is 2.53 bits per heavy atom. The van der Waals surface area contributed by atoms with E-state index in [0.717, 1.165) is 0 Å². The molecule has 1 atom stereocenters. The molecule has 0 aromatic carbocycles. The number of nitriles is 1. The van der Waals surface area contributed by atoms with Gasteiger partial charge in [0.2, 0.25) is 10.0 Å². The van der Waals surface area contributed by atoms with Crippen molar-refractivity contribution in [3.8, 4) is 6.07 Å². The van der Waals surface area contributed by atoms with Gasteiger partial charge >= 0.3 is 0 Å². The van der Waals surface area contributed by atoms with Crippen LogP contribution in [-0.2, 0) is 14.8 Å². The summed E-state index contributed by atoms with van der Waals surface area (Å²) in [5.74, 6) is -0.274. The van der Waals surface area contributed by atoms with Gasteiger partial charge in [0.1, 0.15) is 0 Å². The molecule has 1 heterocycles. The first-order valence-corrected chi connectivity index (χ1v) is 7.49. The molecule has 0 amide bonds. The monoisotopic (exact) mass is 260 g/mol. The zero-order chi connectivity index (χ0) is 12.9. The van der Waals surface area contributed by atoms with Gasteiger partial charge in [-0.1, -0.05) is 6.92 Å². The molecule has 17 heavy (non-hydrogen) atoms. The van der Waals surface area contributed by atoms with Gasteiger partial charge in [0.15, 0.2) is 0 Å². The molecular formula is C11H20N2O3S. The van der Waals surface area contributed by atoms with Crippen molar-refractivity contribution in [2.45, 2.75) is 31.9 Å². The summed E-state index contributed by atoms with van der Waals surface area (Å²) in [6, 6.07) is 2.07. The zero-order valence-electron chi connectivity index (χ0n) is 10.4. The fraction of sp³-hybridized carbons (Fsp3) is 0.909. The van der Waals surface area contributed by atoms with Gasteiger partial charge in [0.05, 0.1) is 17.2 Å². The van der Waals surface area contributed by atoms with E-state index in [1.807, 2.05) is 0 Å². The topological polar surface area (TPSA) is 70.4 Å². The van der Waals surface area contributed by atoms with Gasteiger partial charge in [-0.15, -0.1) is 0 Å². The standard InChI is InChI=1S/C11H20N2O3S/c1-3-13(9-10(2)8-12)17(14,15)11-4-6-16-7-5-11/h10-11H,3-7,9H2,1-2H3. The summed E-state index contributed by atoms with van der Waals surface area (Å²) in [6.45, 7) is 5.27. The van der Waals surface area contributed by atoms with E-state index in [9.17, 15) is 8.42 Å². The molecule has 1 aliphatic rings. The maximum Gasteiger partial charge on any atom is 0.217 e. The van der Waals surface area contributed by atoms with E-state index >= 15 is 0 Å². The number of rotatable bonds is 5. The first kappa shape index (κ1) is 14.4. The molecule has 1 fully saturated rings. The van der Waals surface area contributed by atoms with Gasteiger partial charge in [-0.2, -0.15) is 5.26 Å². The Balaban J connectivity index is 2.75. The summed E-state index contributed by atoms with van der Waals surface area (Å²) >= 11 is 0. The highest BCUT2D eigenvalue weighted by molar-refractivity contribution is 7.89. The molecule has 5 nitrogen and oxygen atoms in total. The second-order valence-electron chi connectivity index (χ2n) is 4.34. The highest BCUT2D eigenvalue weighted by atomic mass is 32.2. The predicted molar refractivity (Wildman–Crippen MR) is 64.8 cm³/mol. The van der Waals surface area contributed by atoms with Crippen LogP contribution in [0.2, 0.25) is 0 Å². The molecule has 0 aliphatic carbocycles. The molecule has 0 aromatic heterocycles. The maximum atomic E-state index is 12.3. The molecule has 1 aliphatic heterocycles. The van der Waals surface area contributed by atoms with E-state index in [0.29, 0.717) is 32.6 Å². The van der Waals surface area contributed by atoms with Crippen LogP contribution < -0.4 is 0 Å². The van der Waals surface area contributed by atoms with E-state index in [2.05, 4.69) is 6.07 Å². The minimum absolute atomic E-state index is 0.274. The van der Waals surface area contributed by atoms with E-state index in [-0.39, 0.29) is 17.7 Å². The molecule has 6 heteroatoms. The molecule has 0 aromatic rings. The SMILES string of the molecule is CCN(CC(C)C#N)S(=O)(=O)C1CCOCC1. The van der Waals surface area contributed by atoms with Gasteiger partial charge in [0, 0.05) is 26.3 Å². The molecule has 98 valence electrons. The van der Waals surface area contributed by atoms with Crippen LogP contribution >= 0.6 is 0 Å². The van der Waals surface area contributed by atoms with Crippen molar-refractivity contribution >= 4 is 10.0 Å². The minimum atomic E-state index is -3.28. The van der Waals surface area contributed by atoms with Crippen molar-refractivity contribution in [2.75, 3.05) is 26.3 Å². The van der Waals surface area contributed by atoms with Crippen LogP contribution in [0.5, 0.6) is 0 Å². The minimum Gasteiger partial charge on any atom is -0.381 e. The van der Waals surface area contributed by atoms with Crippen LogP contribution in [0.3, 0.4) is 0 Å². The molecular weight excluding hydrogens is 240 g/mol. The summed E-state index contributed by atoms with van der Waals surface area (Å²) in [5, 5.41) is 8.42. The normalized spacial score (nSPS) is 20.1. The highest BCUT2D eigenvalue weighted by Crippen LogP contribution is 2.20. The average molecular weight is 260 g/mol. The Hall–Kier alpha value is -0.640. The Morgan fingerprint density at radius 2 is 2.06 bits per heavy atom. The molecule has 0 saturated carbocycles. The predicted octanol–water partition coefficient (Wildman–Crippen LogP) is 0.977. The summed E-state index contributed by atoms with van der Waals surface area (Å²) in [4.78, 5) is 0. The van der Waals surface area contributed by atoms with E-state index < -0.39 is 10.0 Å². The largest absolute Gasteiger partial charge is 0.381 e. The van der Waals surface area contributed by atoms with Gasteiger partial charge in [-0.05, 0) is 19.8 Å². The lowest BCUT2D eigenvalue weighted by Gasteiger charge is -2.29. The summed E-state index contributed by atoms with van der Waals surface area (Å²) in [7, 11) is -3.28. The van der Waals surface area contributed by atoms with Crippen LogP contribution in [-0.4, -0.2) is 44.3 Å². The van der Waals surface area contributed by atoms with Crippen molar-refractivity contribution in [3.05, 3.63) is 0 Å². The van der Waals surface area contributed by atoms with E-state index in [4.69, 9.17) is 10.00 Å². The molecule has 0 N–H and O–H groups in total. The van der Waals surface area contributed by atoms with Gasteiger partial charge in [-0.3, -0.25) is 0 Å². The molecule has 1 unspecified atom stereocenters. The highest BCUT2D eigenvalue weighted by Gasteiger charge is 2.33. The van der Waals surface area contributed by atoms with Crippen molar-refractivity contribution in [1.82, 2.24) is 4.31 Å². The lowest BCUT2D eigenvalue weighted by molar-refractivity contribution is 0.0971. The third-order valence-electron chi connectivity index (χ3n) is 3.00. The number of hydrogen-bond acceptors (Lipinski definition) is 4. The first-order chi connectivity index (χ1) is 8.02. The fourth-order valence-electron chi connectivity index (χ4n) is 1.94. The number of hydrogen-bond donors (Lipinski definition) is 0. The van der Waals surface area contributed by atoms with Crippen molar-refractivity contribution < 1.29 is 13.2 Å².